The van der Waals surface area contributed by atoms with Crippen LogP contribution in [0.3, 0.4) is 0 Å². The third-order valence-electron chi connectivity index (χ3n) is 4.73. The largest absolute Gasteiger partial charge is 0.367 e. The first-order chi connectivity index (χ1) is 12.8. The molecule has 0 radical (unpaired) electrons. The van der Waals surface area contributed by atoms with Crippen LogP contribution in [0.4, 0.5) is 10.2 Å². The summed E-state index contributed by atoms with van der Waals surface area (Å²) in [6.07, 6.45) is 7.74. The van der Waals surface area contributed by atoms with Crippen LogP contribution in [0.25, 0.3) is 22.8 Å². The van der Waals surface area contributed by atoms with Gasteiger partial charge in [0.15, 0.2) is 5.82 Å². The summed E-state index contributed by atoms with van der Waals surface area (Å²) in [4.78, 5) is 13.6. The van der Waals surface area contributed by atoms with Crippen LogP contribution < -0.4 is 5.32 Å². The van der Waals surface area contributed by atoms with Crippen LogP contribution in [0, 0.1) is 5.82 Å². The standard InChI is InChI=1S/C21H21FN4/c22-17-11-5-4-10-16(17)19-14-20(24-15-8-2-1-3-9-15)26-21(25-19)18-12-6-7-13-23-18/h4-7,10-15H,1-3,8-9H2,(H,24,25,26). The molecule has 1 aliphatic carbocycles. The highest BCUT2D eigenvalue weighted by molar-refractivity contribution is 5.66. The molecule has 1 aromatic carbocycles. The molecule has 1 saturated carbocycles. The van der Waals surface area contributed by atoms with Gasteiger partial charge in [-0.3, -0.25) is 4.98 Å². The zero-order valence-electron chi connectivity index (χ0n) is 14.5. The lowest BCUT2D eigenvalue weighted by molar-refractivity contribution is 0.462. The number of rotatable bonds is 4. The van der Waals surface area contributed by atoms with Gasteiger partial charge in [-0.05, 0) is 37.1 Å². The average Bonchev–Trinajstić information content (AvgIpc) is 2.69. The molecule has 3 aromatic rings. The Morgan fingerprint density at radius 3 is 2.46 bits per heavy atom. The fourth-order valence-corrected chi connectivity index (χ4v) is 3.39. The van der Waals surface area contributed by atoms with Gasteiger partial charge >= 0.3 is 0 Å². The molecule has 4 rings (SSSR count). The Morgan fingerprint density at radius 1 is 0.885 bits per heavy atom. The fourth-order valence-electron chi connectivity index (χ4n) is 3.39. The van der Waals surface area contributed by atoms with Crippen LogP contribution in [-0.4, -0.2) is 21.0 Å². The second kappa shape index (κ2) is 7.60. The van der Waals surface area contributed by atoms with Crippen LogP contribution in [0.15, 0.2) is 54.7 Å². The number of anilines is 1. The van der Waals surface area contributed by atoms with Crippen molar-refractivity contribution >= 4 is 5.82 Å². The topological polar surface area (TPSA) is 50.7 Å². The number of halogens is 1. The number of nitrogens with zero attached hydrogens (tertiary/aromatic N) is 3. The summed E-state index contributed by atoms with van der Waals surface area (Å²) < 4.78 is 14.3. The maximum atomic E-state index is 14.3. The molecular weight excluding hydrogens is 327 g/mol. The molecular formula is C21H21FN4. The van der Waals surface area contributed by atoms with Crippen molar-refractivity contribution in [1.82, 2.24) is 15.0 Å². The van der Waals surface area contributed by atoms with E-state index in [0.29, 0.717) is 28.8 Å². The summed E-state index contributed by atoms with van der Waals surface area (Å²) in [5.74, 6) is 0.942. The Labute approximate surface area is 152 Å². The van der Waals surface area contributed by atoms with Gasteiger partial charge in [-0.15, -0.1) is 0 Å². The van der Waals surface area contributed by atoms with Crippen molar-refractivity contribution < 1.29 is 4.39 Å². The van der Waals surface area contributed by atoms with E-state index >= 15 is 0 Å². The quantitative estimate of drug-likeness (QED) is 0.713. The van der Waals surface area contributed by atoms with E-state index in [2.05, 4.69) is 20.3 Å². The van der Waals surface area contributed by atoms with E-state index in [-0.39, 0.29) is 5.82 Å². The Balaban J connectivity index is 1.75. The summed E-state index contributed by atoms with van der Waals surface area (Å²) in [6.45, 7) is 0. The van der Waals surface area contributed by atoms with Crippen LogP contribution in [0.2, 0.25) is 0 Å². The van der Waals surface area contributed by atoms with E-state index in [1.165, 1.54) is 25.3 Å². The van der Waals surface area contributed by atoms with Crippen molar-refractivity contribution in [1.29, 1.82) is 0 Å². The van der Waals surface area contributed by atoms with E-state index in [9.17, 15) is 4.39 Å². The number of nitrogens with one attached hydrogen (secondary N) is 1. The van der Waals surface area contributed by atoms with Gasteiger partial charge in [0, 0.05) is 23.9 Å². The Bertz CT molecular complexity index is 876. The van der Waals surface area contributed by atoms with Gasteiger partial charge in [-0.25, -0.2) is 14.4 Å². The molecule has 0 unspecified atom stereocenters. The second-order valence-electron chi connectivity index (χ2n) is 6.64. The molecule has 5 heteroatoms. The van der Waals surface area contributed by atoms with E-state index < -0.39 is 0 Å². The highest BCUT2D eigenvalue weighted by Crippen LogP contribution is 2.27. The zero-order valence-corrected chi connectivity index (χ0v) is 14.5. The molecule has 0 amide bonds. The molecule has 132 valence electrons. The van der Waals surface area contributed by atoms with E-state index in [1.807, 2.05) is 30.3 Å². The molecule has 1 fully saturated rings. The molecule has 26 heavy (non-hydrogen) atoms. The molecule has 0 spiro atoms. The van der Waals surface area contributed by atoms with Crippen LogP contribution in [0.1, 0.15) is 32.1 Å². The van der Waals surface area contributed by atoms with Crippen molar-refractivity contribution in [2.24, 2.45) is 0 Å². The van der Waals surface area contributed by atoms with Gasteiger partial charge in [0.05, 0.1) is 5.69 Å². The first kappa shape index (κ1) is 16.6. The predicted octanol–water partition coefficient (Wildman–Crippen LogP) is 5.09. The first-order valence-corrected chi connectivity index (χ1v) is 9.11. The number of hydrogen-bond donors (Lipinski definition) is 1. The maximum Gasteiger partial charge on any atom is 0.180 e. The van der Waals surface area contributed by atoms with Gasteiger partial charge in [0.25, 0.3) is 0 Å². The number of aromatic nitrogens is 3. The highest BCUT2D eigenvalue weighted by atomic mass is 19.1. The molecule has 0 bridgehead atoms. The molecule has 2 aromatic heterocycles. The third-order valence-corrected chi connectivity index (χ3v) is 4.73. The summed E-state index contributed by atoms with van der Waals surface area (Å²) in [6, 6.07) is 14.5. The predicted molar refractivity (Wildman–Crippen MR) is 101 cm³/mol. The summed E-state index contributed by atoms with van der Waals surface area (Å²) in [5, 5.41) is 3.52. The normalized spacial score (nSPS) is 15.0. The van der Waals surface area contributed by atoms with Crippen molar-refractivity contribution in [2.45, 2.75) is 38.1 Å². The molecule has 2 heterocycles. The van der Waals surface area contributed by atoms with Crippen LogP contribution in [0.5, 0.6) is 0 Å². The molecule has 1 aliphatic rings. The molecule has 0 atom stereocenters. The number of benzene rings is 1. The number of pyridine rings is 1. The summed E-state index contributed by atoms with van der Waals surface area (Å²) >= 11 is 0. The monoisotopic (exact) mass is 348 g/mol. The highest BCUT2D eigenvalue weighted by Gasteiger charge is 2.16. The number of hydrogen-bond acceptors (Lipinski definition) is 4. The minimum atomic E-state index is -0.290. The van der Waals surface area contributed by atoms with Gasteiger partial charge in [0.1, 0.15) is 17.3 Å². The Morgan fingerprint density at radius 2 is 1.69 bits per heavy atom. The molecule has 4 nitrogen and oxygen atoms in total. The lowest BCUT2D eigenvalue weighted by Gasteiger charge is -2.23. The lowest BCUT2D eigenvalue weighted by Crippen LogP contribution is -2.23. The molecule has 1 N–H and O–H groups in total. The average molecular weight is 348 g/mol. The summed E-state index contributed by atoms with van der Waals surface area (Å²) in [7, 11) is 0. The van der Waals surface area contributed by atoms with Gasteiger partial charge in [0.2, 0.25) is 0 Å². The van der Waals surface area contributed by atoms with Crippen LogP contribution >= 0.6 is 0 Å². The van der Waals surface area contributed by atoms with Crippen LogP contribution in [-0.2, 0) is 0 Å². The van der Waals surface area contributed by atoms with Crippen molar-refractivity contribution in [3.05, 3.63) is 60.5 Å². The van der Waals surface area contributed by atoms with Crippen molar-refractivity contribution in [2.75, 3.05) is 5.32 Å². The minimum absolute atomic E-state index is 0.290. The zero-order chi connectivity index (χ0) is 17.8. The lowest BCUT2D eigenvalue weighted by atomic mass is 9.95. The molecule has 0 aliphatic heterocycles. The summed E-state index contributed by atoms with van der Waals surface area (Å²) in [5.41, 5.74) is 1.72. The van der Waals surface area contributed by atoms with Crippen molar-refractivity contribution in [3.63, 3.8) is 0 Å². The van der Waals surface area contributed by atoms with E-state index in [4.69, 9.17) is 0 Å². The minimum Gasteiger partial charge on any atom is -0.367 e. The fraction of sp³-hybridized carbons (Fsp3) is 0.286. The second-order valence-corrected chi connectivity index (χ2v) is 6.64. The molecule has 0 saturated heterocycles. The first-order valence-electron chi connectivity index (χ1n) is 9.11. The smallest absolute Gasteiger partial charge is 0.180 e. The van der Waals surface area contributed by atoms with Gasteiger partial charge in [-0.1, -0.05) is 37.5 Å². The SMILES string of the molecule is Fc1ccccc1-c1cc(NC2CCCCC2)nc(-c2ccccn2)n1. The Hall–Kier alpha value is -2.82. The Kier molecular flexibility index (Phi) is 4.86. The maximum absolute atomic E-state index is 14.3. The van der Waals surface area contributed by atoms with E-state index in [0.717, 1.165) is 18.7 Å². The van der Waals surface area contributed by atoms with Crippen molar-refractivity contribution in [3.8, 4) is 22.8 Å². The van der Waals surface area contributed by atoms with E-state index in [1.54, 1.807) is 18.3 Å². The third kappa shape index (κ3) is 3.72. The van der Waals surface area contributed by atoms with Gasteiger partial charge < -0.3 is 5.32 Å². The van der Waals surface area contributed by atoms with Gasteiger partial charge in [-0.2, -0.15) is 0 Å².